The lowest BCUT2D eigenvalue weighted by molar-refractivity contribution is -0.120. The Balaban J connectivity index is 2.14. The standard InChI is InChI=1S/C17H26N2O2/c1-12-11-13(9-10-15(12)21-2)16(17(18)20)19-14-7-5-3-4-6-8-14/h9-11,14,16,19H,3-8H2,1-2H3,(H2,18,20). The van der Waals surface area contributed by atoms with Crippen molar-refractivity contribution in [3.63, 3.8) is 0 Å². The summed E-state index contributed by atoms with van der Waals surface area (Å²) in [7, 11) is 1.65. The number of carbonyl (C=O) groups is 1. The lowest BCUT2D eigenvalue weighted by Gasteiger charge is -2.23. The van der Waals surface area contributed by atoms with Gasteiger partial charge in [0.05, 0.1) is 7.11 Å². The van der Waals surface area contributed by atoms with Crippen LogP contribution in [0.3, 0.4) is 0 Å². The van der Waals surface area contributed by atoms with E-state index in [2.05, 4.69) is 5.32 Å². The van der Waals surface area contributed by atoms with Gasteiger partial charge in [-0.2, -0.15) is 0 Å². The van der Waals surface area contributed by atoms with Crippen LogP contribution in [0, 0.1) is 6.92 Å². The Hall–Kier alpha value is -1.55. The number of nitrogens with one attached hydrogen (secondary N) is 1. The van der Waals surface area contributed by atoms with Crippen LogP contribution in [0.5, 0.6) is 5.75 Å². The Morgan fingerprint density at radius 2 is 1.95 bits per heavy atom. The van der Waals surface area contributed by atoms with Gasteiger partial charge < -0.3 is 10.5 Å². The van der Waals surface area contributed by atoms with E-state index in [0.29, 0.717) is 6.04 Å². The van der Waals surface area contributed by atoms with E-state index in [4.69, 9.17) is 10.5 Å². The molecule has 2 rings (SSSR count). The quantitative estimate of drug-likeness (QED) is 0.820. The van der Waals surface area contributed by atoms with Crippen molar-refractivity contribution in [2.45, 2.75) is 57.5 Å². The summed E-state index contributed by atoms with van der Waals surface area (Å²) in [5.41, 5.74) is 7.55. The van der Waals surface area contributed by atoms with E-state index >= 15 is 0 Å². The number of nitrogens with two attached hydrogens (primary N) is 1. The van der Waals surface area contributed by atoms with Gasteiger partial charge >= 0.3 is 0 Å². The van der Waals surface area contributed by atoms with Crippen LogP contribution in [0.4, 0.5) is 0 Å². The van der Waals surface area contributed by atoms with Crippen LogP contribution in [0.2, 0.25) is 0 Å². The first-order valence-electron chi connectivity index (χ1n) is 7.81. The van der Waals surface area contributed by atoms with Crippen LogP contribution in [0.1, 0.15) is 55.7 Å². The molecule has 1 aromatic carbocycles. The van der Waals surface area contributed by atoms with Gasteiger partial charge in [0.2, 0.25) is 5.91 Å². The number of hydrogen-bond donors (Lipinski definition) is 2. The fraction of sp³-hybridized carbons (Fsp3) is 0.588. The third kappa shape index (κ3) is 4.21. The molecule has 1 atom stereocenters. The highest BCUT2D eigenvalue weighted by molar-refractivity contribution is 5.81. The van der Waals surface area contributed by atoms with Crippen LogP contribution < -0.4 is 15.8 Å². The van der Waals surface area contributed by atoms with E-state index in [1.807, 2.05) is 25.1 Å². The molecule has 21 heavy (non-hydrogen) atoms. The average molecular weight is 290 g/mol. The van der Waals surface area contributed by atoms with Crippen molar-refractivity contribution < 1.29 is 9.53 Å². The highest BCUT2D eigenvalue weighted by Gasteiger charge is 2.23. The van der Waals surface area contributed by atoms with E-state index in [-0.39, 0.29) is 5.91 Å². The second-order valence-electron chi connectivity index (χ2n) is 5.92. The normalized spacial score (nSPS) is 18.0. The first-order valence-corrected chi connectivity index (χ1v) is 7.81. The highest BCUT2D eigenvalue weighted by atomic mass is 16.5. The molecule has 1 amide bonds. The van der Waals surface area contributed by atoms with Crippen molar-refractivity contribution in [3.8, 4) is 5.75 Å². The molecule has 0 aromatic heterocycles. The van der Waals surface area contributed by atoms with Gasteiger partial charge in [0.25, 0.3) is 0 Å². The molecule has 0 spiro atoms. The number of carbonyl (C=O) groups excluding carboxylic acids is 1. The molecule has 1 aliphatic carbocycles. The van der Waals surface area contributed by atoms with Crippen LogP contribution >= 0.6 is 0 Å². The summed E-state index contributed by atoms with van der Waals surface area (Å²) in [5, 5.41) is 3.46. The average Bonchev–Trinajstić information content (AvgIpc) is 2.73. The zero-order valence-electron chi connectivity index (χ0n) is 13.0. The Morgan fingerprint density at radius 1 is 1.29 bits per heavy atom. The number of primary amides is 1. The number of aryl methyl sites for hydroxylation is 1. The Kier molecular flexibility index (Phi) is 5.62. The Bertz CT molecular complexity index is 480. The highest BCUT2D eigenvalue weighted by Crippen LogP contribution is 2.25. The molecule has 0 radical (unpaired) electrons. The van der Waals surface area contributed by atoms with Gasteiger partial charge in [0, 0.05) is 6.04 Å². The Labute approximate surface area is 127 Å². The lowest BCUT2D eigenvalue weighted by Crippen LogP contribution is -2.39. The third-order valence-corrected chi connectivity index (χ3v) is 4.29. The maximum atomic E-state index is 11.9. The van der Waals surface area contributed by atoms with E-state index in [1.54, 1.807) is 7.11 Å². The molecule has 0 saturated heterocycles. The molecular formula is C17H26N2O2. The summed E-state index contributed by atoms with van der Waals surface area (Å²) in [6, 6.07) is 5.77. The van der Waals surface area contributed by atoms with Crippen LogP contribution in [-0.2, 0) is 4.79 Å². The molecule has 1 fully saturated rings. The summed E-state index contributed by atoms with van der Waals surface area (Å²) in [6.07, 6.45) is 7.29. The number of amides is 1. The van der Waals surface area contributed by atoms with Crippen molar-refractivity contribution >= 4 is 5.91 Å². The van der Waals surface area contributed by atoms with Gasteiger partial charge in [-0.3, -0.25) is 10.1 Å². The lowest BCUT2D eigenvalue weighted by atomic mass is 10.0. The van der Waals surface area contributed by atoms with E-state index < -0.39 is 6.04 Å². The Morgan fingerprint density at radius 3 is 2.48 bits per heavy atom. The summed E-state index contributed by atoms with van der Waals surface area (Å²) in [4.78, 5) is 11.9. The van der Waals surface area contributed by atoms with Crippen molar-refractivity contribution in [3.05, 3.63) is 29.3 Å². The zero-order valence-corrected chi connectivity index (χ0v) is 13.0. The molecule has 0 aliphatic heterocycles. The van der Waals surface area contributed by atoms with Crippen molar-refractivity contribution in [2.75, 3.05) is 7.11 Å². The number of rotatable bonds is 5. The van der Waals surface area contributed by atoms with Crippen LogP contribution in [0.25, 0.3) is 0 Å². The molecule has 4 heteroatoms. The fourth-order valence-corrected chi connectivity index (χ4v) is 3.11. The second kappa shape index (κ2) is 7.46. The maximum Gasteiger partial charge on any atom is 0.239 e. The van der Waals surface area contributed by atoms with Gasteiger partial charge in [0.1, 0.15) is 11.8 Å². The molecule has 0 bridgehead atoms. The van der Waals surface area contributed by atoms with Crippen molar-refractivity contribution in [1.29, 1.82) is 0 Å². The largest absolute Gasteiger partial charge is 0.496 e. The molecule has 1 aromatic rings. The van der Waals surface area contributed by atoms with Crippen LogP contribution in [-0.4, -0.2) is 19.1 Å². The summed E-state index contributed by atoms with van der Waals surface area (Å²) >= 11 is 0. The minimum atomic E-state index is -0.419. The predicted molar refractivity (Wildman–Crippen MR) is 84.3 cm³/mol. The first kappa shape index (κ1) is 15.8. The molecule has 1 aliphatic rings. The molecule has 1 unspecified atom stereocenters. The van der Waals surface area contributed by atoms with Gasteiger partial charge in [-0.15, -0.1) is 0 Å². The smallest absolute Gasteiger partial charge is 0.239 e. The van der Waals surface area contributed by atoms with Gasteiger partial charge in [-0.1, -0.05) is 37.8 Å². The summed E-state index contributed by atoms with van der Waals surface area (Å²) < 4.78 is 5.27. The monoisotopic (exact) mass is 290 g/mol. The fourth-order valence-electron chi connectivity index (χ4n) is 3.11. The second-order valence-corrected chi connectivity index (χ2v) is 5.92. The third-order valence-electron chi connectivity index (χ3n) is 4.29. The van der Waals surface area contributed by atoms with E-state index in [1.165, 1.54) is 25.7 Å². The summed E-state index contributed by atoms with van der Waals surface area (Å²) in [5.74, 6) is 0.514. The summed E-state index contributed by atoms with van der Waals surface area (Å²) in [6.45, 7) is 1.98. The van der Waals surface area contributed by atoms with E-state index in [9.17, 15) is 4.79 Å². The minimum absolute atomic E-state index is 0.316. The van der Waals surface area contributed by atoms with Crippen LogP contribution in [0.15, 0.2) is 18.2 Å². The molecule has 0 heterocycles. The number of ether oxygens (including phenoxy) is 1. The van der Waals surface area contributed by atoms with Gasteiger partial charge in [0.15, 0.2) is 0 Å². The number of benzene rings is 1. The van der Waals surface area contributed by atoms with Gasteiger partial charge in [-0.25, -0.2) is 0 Å². The molecular weight excluding hydrogens is 264 g/mol. The van der Waals surface area contributed by atoms with E-state index in [0.717, 1.165) is 29.7 Å². The predicted octanol–water partition coefficient (Wildman–Crippen LogP) is 2.84. The zero-order chi connectivity index (χ0) is 15.2. The molecule has 116 valence electrons. The topological polar surface area (TPSA) is 64.3 Å². The maximum absolute atomic E-state index is 11.9. The molecule has 1 saturated carbocycles. The number of hydrogen-bond acceptors (Lipinski definition) is 3. The molecule has 4 nitrogen and oxygen atoms in total. The SMILES string of the molecule is COc1ccc(C(NC2CCCCCC2)C(N)=O)cc1C. The minimum Gasteiger partial charge on any atom is -0.496 e. The molecule has 3 N–H and O–H groups in total. The number of methoxy groups -OCH3 is 1. The van der Waals surface area contributed by atoms with Gasteiger partial charge in [-0.05, 0) is 37.0 Å². The van der Waals surface area contributed by atoms with Crippen molar-refractivity contribution in [2.24, 2.45) is 5.73 Å². The first-order chi connectivity index (χ1) is 10.1. The van der Waals surface area contributed by atoms with Crippen molar-refractivity contribution in [1.82, 2.24) is 5.32 Å².